The van der Waals surface area contributed by atoms with Gasteiger partial charge in [-0.2, -0.15) is 0 Å². The second-order valence-corrected chi connectivity index (χ2v) is 3.86. The van der Waals surface area contributed by atoms with Gasteiger partial charge >= 0.3 is 5.97 Å². The maximum absolute atomic E-state index is 12.9. The molecule has 1 saturated heterocycles. The molecule has 1 aliphatic rings. The standard InChI is InChI=1S/C10H18FNO2/c1-8(11)12-5-3-10(4-6-12)7-14-9(2)13/h8,10H,3-7H2,1-2H3. The average molecular weight is 203 g/mol. The van der Waals surface area contributed by atoms with Crippen molar-refractivity contribution >= 4 is 5.97 Å². The van der Waals surface area contributed by atoms with Gasteiger partial charge < -0.3 is 4.74 Å². The third-order valence-electron chi connectivity index (χ3n) is 2.67. The van der Waals surface area contributed by atoms with Crippen molar-refractivity contribution in [3.8, 4) is 0 Å². The third-order valence-corrected chi connectivity index (χ3v) is 2.67. The van der Waals surface area contributed by atoms with E-state index in [4.69, 9.17) is 4.74 Å². The predicted octanol–water partition coefficient (Wildman–Crippen LogP) is 1.58. The Kier molecular flexibility index (Phi) is 4.32. The minimum absolute atomic E-state index is 0.230. The molecule has 0 aromatic heterocycles. The van der Waals surface area contributed by atoms with Crippen molar-refractivity contribution in [1.82, 2.24) is 4.90 Å². The van der Waals surface area contributed by atoms with E-state index in [1.54, 1.807) is 6.92 Å². The Morgan fingerprint density at radius 3 is 2.57 bits per heavy atom. The SMILES string of the molecule is CC(=O)OCC1CCN(C(C)F)CC1. The molecule has 1 fully saturated rings. The largest absolute Gasteiger partial charge is 0.466 e. The van der Waals surface area contributed by atoms with Gasteiger partial charge in [-0.15, -0.1) is 0 Å². The van der Waals surface area contributed by atoms with Gasteiger partial charge in [-0.1, -0.05) is 0 Å². The first-order chi connectivity index (χ1) is 6.59. The van der Waals surface area contributed by atoms with Crippen molar-refractivity contribution in [2.24, 2.45) is 5.92 Å². The van der Waals surface area contributed by atoms with Crippen LogP contribution in [-0.4, -0.2) is 36.9 Å². The molecule has 14 heavy (non-hydrogen) atoms. The summed E-state index contributed by atoms with van der Waals surface area (Å²) in [5, 5.41) is 0. The minimum atomic E-state index is -0.857. The van der Waals surface area contributed by atoms with Gasteiger partial charge in [0, 0.05) is 20.0 Å². The first kappa shape index (κ1) is 11.4. The molecule has 1 rings (SSSR count). The number of hydrogen-bond donors (Lipinski definition) is 0. The van der Waals surface area contributed by atoms with Crippen LogP contribution in [0.4, 0.5) is 4.39 Å². The molecule has 0 aromatic rings. The number of nitrogens with zero attached hydrogens (tertiary/aromatic N) is 1. The van der Waals surface area contributed by atoms with Crippen molar-refractivity contribution in [2.45, 2.75) is 33.0 Å². The quantitative estimate of drug-likeness (QED) is 0.515. The molecule has 1 aliphatic heterocycles. The number of ether oxygens (including phenoxy) is 1. The fraction of sp³-hybridized carbons (Fsp3) is 0.900. The first-order valence-corrected chi connectivity index (χ1v) is 5.11. The van der Waals surface area contributed by atoms with E-state index in [0.29, 0.717) is 12.5 Å². The van der Waals surface area contributed by atoms with E-state index in [-0.39, 0.29) is 5.97 Å². The van der Waals surface area contributed by atoms with E-state index in [0.717, 1.165) is 25.9 Å². The molecule has 0 bridgehead atoms. The maximum atomic E-state index is 12.9. The van der Waals surface area contributed by atoms with E-state index in [2.05, 4.69) is 0 Å². The number of esters is 1. The van der Waals surface area contributed by atoms with Crippen LogP contribution in [0.15, 0.2) is 0 Å². The molecule has 0 N–H and O–H groups in total. The number of carbonyl (C=O) groups is 1. The summed E-state index contributed by atoms with van der Waals surface area (Å²) in [6.07, 6.45) is 0.980. The second-order valence-electron chi connectivity index (χ2n) is 3.86. The highest BCUT2D eigenvalue weighted by Crippen LogP contribution is 2.19. The number of carbonyl (C=O) groups excluding carboxylic acids is 1. The van der Waals surface area contributed by atoms with Crippen molar-refractivity contribution in [3.05, 3.63) is 0 Å². The summed E-state index contributed by atoms with van der Waals surface area (Å²) in [5.74, 6) is 0.181. The molecule has 0 radical (unpaired) electrons. The van der Waals surface area contributed by atoms with Crippen LogP contribution in [-0.2, 0) is 9.53 Å². The summed E-state index contributed by atoms with van der Waals surface area (Å²) in [5.41, 5.74) is 0. The van der Waals surface area contributed by atoms with Crippen LogP contribution in [0.2, 0.25) is 0 Å². The molecule has 1 unspecified atom stereocenters. The van der Waals surface area contributed by atoms with E-state index in [9.17, 15) is 9.18 Å². The summed E-state index contributed by atoms with van der Waals surface area (Å²) in [6.45, 7) is 5.00. The Bertz CT molecular complexity index is 189. The molecule has 3 nitrogen and oxygen atoms in total. The van der Waals surface area contributed by atoms with Gasteiger partial charge in [-0.05, 0) is 25.7 Å². The third kappa shape index (κ3) is 3.62. The van der Waals surface area contributed by atoms with E-state index in [1.165, 1.54) is 6.92 Å². The number of rotatable bonds is 3. The predicted molar refractivity (Wildman–Crippen MR) is 51.5 cm³/mol. The Hall–Kier alpha value is -0.640. The van der Waals surface area contributed by atoms with Crippen LogP contribution in [0, 0.1) is 5.92 Å². The fourth-order valence-electron chi connectivity index (χ4n) is 1.71. The summed E-state index contributed by atoms with van der Waals surface area (Å²) < 4.78 is 17.8. The highest BCUT2D eigenvalue weighted by atomic mass is 19.1. The fourth-order valence-corrected chi connectivity index (χ4v) is 1.71. The van der Waals surface area contributed by atoms with Crippen molar-refractivity contribution in [3.63, 3.8) is 0 Å². The normalized spacial score (nSPS) is 21.9. The summed E-state index contributed by atoms with van der Waals surface area (Å²) in [4.78, 5) is 12.4. The topological polar surface area (TPSA) is 29.5 Å². The van der Waals surface area contributed by atoms with Crippen LogP contribution in [0.25, 0.3) is 0 Å². The van der Waals surface area contributed by atoms with E-state index < -0.39 is 6.30 Å². The van der Waals surface area contributed by atoms with Gasteiger partial charge in [0.15, 0.2) is 6.30 Å². The maximum Gasteiger partial charge on any atom is 0.302 e. The molecule has 1 heterocycles. The monoisotopic (exact) mass is 203 g/mol. The molecule has 1 atom stereocenters. The average Bonchev–Trinajstić information content (AvgIpc) is 2.15. The van der Waals surface area contributed by atoms with Gasteiger partial charge in [0.05, 0.1) is 6.61 Å². The van der Waals surface area contributed by atoms with Crippen molar-refractivity contribution in [1.29, 1.82) is 0 Å². The minimum Gasteiger partial charge on any atom is -0.466 e. The zero-order valence-electron chi connectivity index (χ0n) is 8.83. The van der Waals surface area contributed by atoms with Gasteiger partial charge in [0.25, 0.3) is 0 Å². The van der Waals surface area contributed by atoms with Crippen LogP contribution >= 0.6 is 0 Å². The van der Waals surface area contributed by atoms with Crippen LogP contribution in [0.1, 0.15) is 26.7 Å². The molecule has 0 saturated carbocycles. The molecule has 0 spiro atoms. The second kappa shape index (κ2) is 5.29. The summed E-state index contributed by atoms with van der Waals surface area (Å²) in [6, 6.07) is 0. The van der Waals surface area contributed by atoms with E-state index in [1.807, 2.05) is 4.90 Å². The lowest BCUT2D eigenvalue weighted by Gasteiger charge is -2.32. The highest BCUT2D eigenvalue weighted by molar-refractivity contribution is 5.65. The lowest BCUT2D eigenvalue weighted by atomic mass is 9.98. The Morgan fingerprint density at radius 2 is 2.14 bits per heavy atom. The lowest BCUT2D eigenvalue weighted by molar-refractivity contribution is -0.143. The highest BCUT2D eigenvalue weighted by Gasteiger charge is 2.22. The zero-order chi connectivity index (χ0) is 10.6. The first-order valence-electron chi connectivity index (χ1n) is 5.11. The molecule has 0 aliphatic carbocycles. The number of likely N-dealkylation sites (tertiary alicyclic amines) is 1. The lowest BCUT2D eigenvalue weighted by Crippen LogP contribution is -2.38. The number of piperidine rings is 1. The van der Waals surface area contributed by atoms with Crippen LogP contribution in [0.5, 0.6) is 0 Å². The van der Waals surface area contributed by atoms with Crippen molar-refractivity contribution < 1.29 is 13.9 Å². The summed E-state index contributed by atoms with van der Waals surface area (Å²) >= 11 is 0. The number of hydrogen-bond acceptors (Lipinski definition) is 3. The van der Waals surface area contributed by atoms with Crippen LogP contribution < -0.4 is 0 Å². The van der Waals surface area contributed by atoms with E-state index >= 15 is 0 Å². The molecule has 82 valence electrons. The molecule has 0 aromatic carbocycles. The van der Waals surface area contributed by atoms with Crippen LogP contribution in [0.3, 0.4) is 0 Å². The van der Waals surface area contributed by atoms with Gasteiger partial charge in [-0.3, -0.25) is 9.69 Å². The number of alkyl halides is 1. The molecular weight excluding hydrogens is 185 g/mol. The Morgan fingerprint density at radius 1 is 1.57 bits per heavy atom. The Labute approximate surface area is 84.2 Å². The zero-order valence-corrected chi connectivity index (χ0v) is 8.83. The van der Waals surface area contributed by atoms with Crippen molar-refractivity contribution in [2.75, 3.05) is 19.7 Å². The molecule has 0 amide bonds. The van der Waals surface area contributed by atoms with Gasteiger partial charge in [0.2, 0.25) is 0 Å². The Balaban J connectivity index is 2.19. The summed E-state index contributed by atoms with van der Waals surface area (Å²) in [7, 11) is 0. The number of halogens is 1. The molecular formula is C10H18FNO2. The van der Waals surface area contributed by atoms with Gasteiger partial charge in [-0.25, -0.2) is 4.39 Å². The van der Waals surface area contributed by atoms with Gasteiger partial charge in [0.1, 0.15) is 0 Å². The molecule has 4 heteroatoms. The smallest absolute Gasteiger partial charge is 0.302 e.